The maximum Gasteiger partial charge on any atom is 0.261 e. The Kier molecular flexibility index (Phi) is 6.59. The van der Waals surface area contributed by atoms with E-state index < -0.39 is 15.7 Å². The first-order chi connectivity index (χ1) is 14.1. The molecule has 0 heterocycles. The molecule has 4 rings (SSSR count). The van der Waals surface area contributed by atoms with Crippen molar-refractivity contribution in [2.24, 2.45) is 0 Å². The monoisotopic (exact) mass is 429 g/mol. The first kappa shape index (κ1) is 22.4. The van der Waals surface area contributed by atoms with Crippen molar-refractivity contribution in [3.63, 3.8) is 0 Å². The van der Waals surface area contributed by atoms with Gasteiger partial charge in [-0.2, -0.15) is 8.42 Å². The van der Waals surface area contributed by atoms with Crippen LogP contribution in [0.1, 0.15) is 12.5 Å². The van der Waals surface area contributed by atoms with Crippen molar-refractivity contribution in [2.75, 3.05) is 26.6 Å². The number of aliphatic hydroxyl groups is 1. The SMILES string of the molecule is COCC(C)(CO)NCc1ccc2ccc3cccc4ccc1c2c34.CS(=O)(=O)O. The molecule has 4 aromatic rings. The minimum absolute atomic E-state index is 0.0344. The Labute approximate surface area is 176 Å². The molecule has 0 radical (unpaired) electrons. The van der Waals surface area contributed by atoms with Gasteiger partial charge in [-0.15, -0.1) is 0 Å². The van der Waals surface area contributed by atoms with Crippen molar-refractivity contribution in [1.29, 1.82) is 0 Å². The van der Waals surface area contributed by atoms with Gasteiger partial charge in [0.15, 0.2) is 0 Å². The molecule has 0 aliphatic rings. The number of ether oxygens (including phenoxy) is 1. The van der Waals surface area contributed by atoms with Crippen LogP contribution in [0.5, 0.6) is 0 Å². The zero-order chi connectivity index (χ0) is 21.9. The zero-order valence-electron chi connectivity index (χ0n) is 17.3. The van der Waals surface area contributed by atoms with Gasteiger partial charge in [0.2, 0.25) is 0 Å². The van der Waals surface area contributed by atoms with Crippen LogP contribution in [-0.4, -0.2) is 50.2 Å². The summed E-state index contributed by atoms with van der Waals surface area (Å²) in [7, 11) is -2.01. The van der Waals surface area contributed by atoms with Gasteiger partial charge in [-0.3, -0.25) is 4.55 Å². The summed E-state index contributed by atoms with van der Waals surface area (Å²) in [6, 6.07) is 19.6. The summed E-state index contributed by atoms with van der Waals surface area (Å²) in [5.41, 5.74) is 0.792. The minimum Gasteiger partial charge on any atom is -0.394 e. The van der Waals surface area contributed by atoms with Crippen LogP contribution in [0.4, 0.5) is 0 Å². The molecule has 6 nitrogen and oxygen atoms in total. The summed E-state index contributed by atoms with van der Waals surface area (Å²) in [5.74, 6) is 0. The molecular formula is C23H27NO5S. The molecule has 7 heteroatoms. The Balaban J connectivity index is 0.000000461. The van der Waals surface area contributed by atoms with Gasteiger partial charge in [0, 0.05) is 13.7 Å². The summed E-state index contributed by atoms with van der Waals surface area (Å²) in [6.45, 7) is 3.17. The zero-order valence-corrected chi connectivity index (χ0v) is 18.2. The summed E-state index contributed by atoms with van der Waals surface area (Å²) >= 11 is 0. The number of hydrogen-bond acceptors (Lipinski definition) is 5. The molecule has 1 unspecified atom stereocenters. The summed E-state index contributed by atoms with van der Waals surface area (Å²) < 4.78 is 31.1. The second-order valence-corrected chi connectivity index (χ2v) is 9.29. The molecule has 0 fully saturated rings. The molecule has 30 heavy (non-hydrogen) atoms. The van der Waals surface area contributed by atoms with E-state index in [4.69, 9.17) is 9.29 Å². The van der Waals surface area contributed by atoms with E-state index in [1.165, 1.54) is 37.9 Å². The van der Waals surface area contributed by atoms with Crippen LogP contribution in [0.15, 0.2) is 54.6 Å². The molecule has 0 aromatic heterocycles. The quantitative estimate of drug-likeness (QED) is 0.320. The number of nitrogens with one attached hydrogen (secondary N) is 1. The summed E-state index contributed by atoms with van der Waals surface area (Å²) in [6.07, 6.45) is 0.715. The molecule has 160 valence electrons. The van der Waals surface area contributed by atoms with E-state index in [-0.39, 0.29) is 6.61 Å². The van der Waals surface area contributed by atoms with E-state index in [0.717, 1.165) is 0 Å². The lowest BCUT2D eigenvalue weighted by Gasteiger charge is -2.28. The first-order valence-electron chi connectivity index (χ1n) is 9.58. The Bertz CT molecular complexity index is 1230. The fraction of sp³-hybridized carbons (Fsp3) is 0.304. The van der Waals surface area contributed by atoms with Crippen LogP contribution in [0.2, 0.25) is 0 Å². The lowest BCUT2D eigenvalue weighted by Crippen LogP contribution is -2.49. The predicted molar refractivity (Wildman–Crippen MR) is 122 cm³/mol. The largest absolute Gasteiger partial charge is 0.394 e. The minimum atomic E-state index is -3.67. The molecule has 0 spiro atoms. The molecule has 0 aliphatic heterocycles. The molecule has 0 bridgehead atoms. The standard InChI is InChI=1S/C22H23NO2.CH4O3S/c1-22(13-24,14-25-2)23-12-18-9-8-17-7-6-15-4-3-5-16-10-11-19(18)21(17)20(15)16;1-5(2,3)4/h3-11,23-24H,12-14H2,1-2H3;1H3,(H,2,3,4). The van der Waals surface area contributed by atoms with E-state index in [1.54, 1.807) is 7.11 Å². The van der Waals surface area contributed by atoms with Crippen LogP contribution in [0, 0.1) is 0 Å². The molecular weight excluding hydrogens is 402 g/mol. The third-order valence-electron chi connectivity index (χ3n) is 5.14. The predicted octanol–water partition coefficient (Wildman–Crippen LogP) is 3.58. The lowest BCUT2D eigenvalue weighted by atomic mass is 9.91. The highest BCUT2D eigenvalue weighted by Crippen LogP contribution is 2.35. The third kappa shape index (κ3) is 5.06. The van der Waals surface area contributed by atoms with E-state index in [1.807, 2.05) is 6.92 Å². The van der Waals surface area contributed by atoms with Crippen molar-refractivity contribution < 1.29 is 22.8 Å². The van der Waals surface area contributed by atoms with E-state index in [0.29, 0.717) is 19.4 Å². The fourth-order valence-corrected chi connectivity index (χ4v) is 3.73. The van der Waals surface area contributed by atoms with Crippen molar-refractivity contribution in [2.45, 2.75) is 19.0 Å². The van der Waals surface area contributed by atoms with Crippen LogP contribution in [0.3, 0.4) is 0 Å². The van der Waals surface area contributed by atoms with E-state index >= 15 is 0 Å². The van der Waals surface area contributed by atoms with E-state index in [2.05, 4.69) is 59.9 Å². The van der Waals surface area contributed by atoms with Crippen LogP contribution in [0.25, 0.3) is 32.3 Å². The third-order valence-corrected chi connectivity index (χ3v) is 5.14. The first-order valence-corrected chi connectivity index (χ1v) is 11.4. The smallest absolute Gasteiger partial charge is 0.261 e. The number of aliphatic hydroxyl groups excluding tert-OH is 1. The molecule has 4 aromatic carbocycles. The number of rotatable bonds is 6. The number of methoxy groups -OCH3 is 1. The lowest BCUT2D eigenvalue weighted by molar-refractivity contribution is 0.0723. The van der Waals surface area contributed by atoms with Gasteiger partial charge in [0.05, 0.1) is 25.0 Å². The van der Waals surface area contributed by atoms with Crippen molar-refractivity contribution in [3.8, 4) is 0 Å². The average Bonchev–Trinajstić information content (AvgIpc) is 2.70. The topological polar surface area (TPSA) is 95.9 Å². The van der Waals surface area contributed by atoms with Gasteiger partial charge < -0.3 is 15.2 Å². The molecule has 1 atom stereocenters. The van der Waals surface area contributed by atoms with Gasteiger partial charge >= 0.3 is 0 Å². The van der Waals surface area contributed by atoms with Crippen LogP contribution < -0.4 is 5.32 Å². The fourth-order valence-electron chi connectivity index (χ4n) is 3.73. The average molecular weight is 430 g/mol. The highest BCUT2D eigenvalue weighted by Gasteiger charge is 2.23. The normalized spacial score (nSPS) is 14.0. The summed E-state index contributed by atoms with van der Waals surface area (Å²) in [4.78, 5) is 0. The summed E-state index contributed by atoms with van der Waals surface area (Å²) in [5, 5.41) is 20.9. The second-order valence-electron chi connectivity index (χ2n) is 7.82. The Morgan fingerprint density at radius 3 is 2.07 bits per heavy atom. The number of benzene rings is 4. The maximum atomic E-state index is 9.69. The van der Waals surface area contributed by atoms with Crippen molar-refractivity contribution in [1.82, 2.24) is 5.32 Å². The number of hydrogen-bond donors (Lipinski definition) is 3. The molecule has 3 N–H and O–H groups in total. The van der Waals surface area contributed by atoms with Gasteiger partial charge in [0.25, 0.3) is 10.1 Å². The molecule has 0 amide bonds. The van der Waals surface area contributed by atoms with Gasteiger partial charge in [-0.05, 0) is 44.8 Å². The van der Waals surface area contributed by atoms with Crippen molar-refractivity contribution >= 4 is 42.4 Å². The van der Waals surface area contributed by atoms with E-state index in [9.17, 15) is 13.5 Å². The van der Waals surface area contributed by atoms with Gasteiger partial charge in [-0.1, -0.05) is 54.6 Å². The molecule has 0 aliphatic carbocycles. The van der Waals surface area contributed by atoms with Crippen molar-refractivity contribution in [3.05, 3.63) is 60.2 Å². The molecule has 0 saturated carbocycles. The van der Waals surface area contributed by atoms with Crippen LogP contribution >= 0.6 is 0 Å². The second kappa shape index (κ2) is 8.83. The van der Waals surface area contributed by atoms with Gasteiger partial charge in [-0.25, -0.2) is 0 Å². The van der Waals surface area contributed by atoms with Gasteiger partial charge in [0.1, 0.15) is 0 Å². The highest BCUT2D eigenvalue weighted by atomic mass is 32.2. The maximum absolute atomic E-state index is 9.69. The Morgan fingerprint density at radius 2 is 1.50 bits per heavy atom. The highest BCUT2D eigenvalue weighted by molar-refractivity contribution is 7.85. The Hall–Kier alpha value is -2.29. The Morgan fingerprint density at radius 1 is 0.967 bits per heavy atom. The molecule has 0 saturated heterocycles. The van der Waals surface area contributed by atoms with Crippen LogP contribution in [-0.2, 0) is 21.4 Å².